The second-order valence-electron chi connectivity index (χ2n) is 10.0. The maximum absolute atomic E-state index is 13.9. The Balaban J connectivity index is 1.90. The van der Waals surface area contributed by atoms with Crippen LogP contribution in [0.3, 0.4) is 0 Å². The molecule has 2 amide bonds. The van der Waals surface area contributed by atoms with Crippen molar-refractivity contribution in [1.82, 2.24) is 10.2 Å². The number of hydrogen-bond donors (Lipinski definition) is 1. The van der Waals surface area contributed by atoms with E-state index in [0.29, 0.717) is 44.1 Å². The summed E-state index contributed by atoms with van der Waals surface area (Å²) in [4.78, 5) is 29.2. The van der Waals surface area contributed by atoms with E-state index in [0.717, 1.165) is 22.3 Å². The van der Waals surface area contributed by atoms with E-state index in [9.17, 15) is 9.59 Å². The summed E-state index contributed by atoms with van der Waals surface area (Å²) in [5.41, 5.74) is 4.11. The van der Waals surface area contributed by atoms with Crippen molar-refractivity contribution < 1.29 is 19.1 Å². The predicted molar refractivity (Wildman–Crippen MR) is 156 cm³/mol. The van der Waals surface area contributed by atoms with Crippen LogP contribution in [0.15, 0.2) is 72.8 Å². The number of rotatable bonds is 14. The number of aryl methyl sites for hydroxylation is 2. The topological polar surface area (TPSA) is 67.9 Å². The van der Waals surface area contributed by atoms with Crippen LogP contribution in [0.5, 0.6) is 11.5 Å². The van der Waals surface area contributed by atoms with Crippen molar-refractivity contribution in [2.75, 3.05) is 13.2 Å². The molecular weight excluding hydrogens is 488 g/mol. The summed E-state index contributed by atoms with van der Waals surface area (Å²) >= 11 is 0. The van der Waals surface area contributed by atoms with Crippen LogP contribution in [0.2, 0.25) is 0 Å². The van der Waals surface area contributed by atoms with E-state index >= 15 is 0 Å². The number of hydrogen-bond acceptors (Lipinski definition) is 4. The lowest BCUT2D eigenvalue weighted by Crippen LogP contribution is -2.51. The molecule has 0 radical (unpaired) electrons. The van der Waals surface area contributed by atoms with Gasteiger partial charge in [-0.05, 0) is 69.9 Å². The lowest BCUT2D eigenvalue weighted by molar-refractivity contribution is -0.141. The number of nitrogens with one attached hydrogen (secondary N) is 1. The molecule has 1 N–H and O–H groups in total. The Labute approximate surface area is 233 Å². The molecule has 0 fully saturated rings. The minimum absolute atomic E-state index is 0.0347. The Kier molecular flexibility index (Phi) is 11.4. The van der Waals surface area contributed by atoms with Crippen LogP contribution in [-0.2, 0) is 29.0 Å². The first kappa shape index (κ1) is 29.8. The second-order valence-corrected chi connectivity index (χ2v) is 10.0. The maximum atomic E-state index is 13.9. The van der Waals surface area contributed by atoms with Crippen LogP contribution in [0, 0.1) is 6.92 Å². The Morgan fingerprint density at radius 3 is 2.18 bits per heavy atom. The van der Waals surface area contributed by atoms with Crippen LogP contribution >= 0.6 is 0 Å². The normalized spacial score (nSPS) is 11.6. The van der Waals surface area contributed by atoms with Crippen molar-refractivity contribution >= 4 is 11.8 Å². The summed E-state index contributed by atoms with van der Waals surface area (Å²) in [5.74, 6) is 1.17. The molecule has 39 heavy (non-hydrogen) atoms. The zero-order chi connectivity index (χ0) is 28.2. The molecule has 1 atom stereocenters. The zero-order valence-corrected chi connectivity index (χ0v) is 23.9. The summed E-state index contributed by atoms with van der Waals surface area (Å²) in [5, 5.41) is 3.05. The van der Waals surface area contributed by atoms with Gasteiger partial charge in [0.25, 0.3) is 0 Å². The molecule has 0 bridgehead atoms. The van der Waals surface area contributed by atoms with Gasteiger partial charge in [-0.25, -0.2) is 0 Å². The van der Waals surface area contributed by atoms with Crippen molar-refractivity contribution in [2.24, 2.45) is 0 Å². The molecule has 3 aromatic carbocycles. The fourth-order valence-corrected chi connectivity index (χ4v) is 4.59. The van der Waals surface area contributed by atoms with Gasteiger partial charge in [0.05, 0.1) is 13.2 Å². The highest BCUT2D eigenvalue weighted by Gasteiger charge is 2.30. The monoisotopic (exact) mass is 530 g/mol. The first-order valence-corrected chi connectivity index (χ1v) is 13.9. The first-order chi connectivity index (χ1) is 18.8. The molecule has 208 valence electrons. The van der Waals surface area contributed by atoms with Gasteiger partial charge < -0.3 is 19.7 Å². The summed E-state index contributed by atoms with van der Waals surface area (Å²) in [6.45, 7) is 11.2. The molecule has 0 spiro atoms. The average molecular weight is 531 g/mol. The van der Waals surface area contributed by atoms with E-state index < -0.39 is 6.04 Å². The smallest absolute Gasteiger partial charge is 0.243 e. The van der Waals surface area contributed by atoms with Crippen molar-refractivity contribution in [3.05, 3.63) is 95.1 Å². The van der Waals surface area contributed by atoms with Crippen molar-refractivity contribution in [1.29, 1.82) is 0 Å². The minimum Gasteiger partial charge on any atom is -0.490 e. The number of carbonyl (C=O) groups excluding carboxylic acids is 2. The quantitative estimate of drug-likeness (QED) is 0.282. The Bertz CT molecular complexity index is 1210. The molecule has 0 aliphatic rings. The minimum atomic E-state index is -0.637. The van der Waals surface area contributed by atoms with Gasteiger partial charge in [0.2, 0.25) is 11.8 Å². The van der Waals surface area contributed by atoms with Gasteiger partial charge >= 0.3 is 0 Å². The van der Waals surface area contributed by atoms with E-state index in [-0.39, 0.29) is 24.3 Å². The molecule has 6 nitrogen and oxygen atoms in total. The number of carbonyl (C=O) groups is 2. The molecule has 0 unspecified atom stereocenters. The van der Waals surface area contributed by atoms with Gasteiger partial charge in [-0.1, -0.05) is 66.2 Å². The maximum Gasteiger partial charge on any atom is 0.243 e. The number of ether oxygens (including phenoxy) is 2. The van der Waals surface area contributed by atoms with Gasteiger partial charge in [-0.2, -0.15) is 0 Å². The van der Waals surface area contributed by atoms with Crippen molar-refractivity contribution in [3.63, 3.8) is 0 Å². The summed E-state index contributed by atoms with van der Waals surface area (Å²) in [7, 11) is 0. The molecule has 0 saturated heterocycles. The molecular formula is C33H42N2O4. The van der Waals surface area contributed by atoms with Gasteiger partial charge in [0, 0.05) is 25.4 Å². The third-order valence-corrected chi connectivity index (χ3v) is 6.37. The zero-order valence-electron chi connectivity index (χ0n) is 23.9. The average Bonchev–Trinajstić information content (AvgIpc) is 2.91. The van der Waals surface area contributed by atoms with Crippen LogP contribution in [0.4, 0.5) is 0 Å². The summed E-state index contributed by atoms with van der Waals surface area (Å²) < 4.78 is 11.5. The third kappa shape index (κ3) is 9.17. The van der Waals surface area contributed by atoms with Gasteiger partial charge in [-0.3, -0.25) is 9.59 Å². The molecule has 6 heteroatoms. The number of nitrogens with zero attached hydrogens (tertiary/aromatic N) is 1. The van der Waals surface area contributed by atoms with Crippen LogP contribution in [0.25, 0.3) is 0 Å². The third-order valence-electron chi connectivity index (χ3n) is 6.37. The molecule has 0 aromatic heterocycles. The van der Waals surface area contributed by atoms with E-state index in [1.165, 1.54) is 0 Å². The van der Waals surface area contributed by atoms with Gasteiger partial charge in [0.1, 0.15) is 6.04 Å². The Morgan fingerprint density at radius 1 is 0.821 bits per heavy atom. The van der Waals surface area contributed by atoms with E-state index in [1.54, 1.807) is 4.90 Å². The SMILES string of the molecule is CCOc1ccc(CCC(=O)N(Cc2cccc(C)c2)[C@H](Cc2ccccc2)C(=O)NC(C)C)cc1OCC. The predicted octanol–water partition coefficient (Wildman–Crippen LogP) is 5.89. The van der Waals surface area contributed by atoms with E-state index in [1.807, 2.05) is 101 Å². The highest BCUT2D eigenvalue weighted by atomic mass is 16.5. The molecule has 3 rings (SSSR count). The summed E-state index contributed by atoms with van der Waals surface area (Å²) in [6, 6.07) is 23.1. The van der Waals surface area contributed by atoms with Crippen LogP contribution < -0.4 is 14.8 Å². The molecule has 0 aliphatic heterocycles. The van der Waals surface area contributed by atoms with Gasteiger partial charge in [0.15, 0.2) is 11.5 Å². The highest BCUT2D eigenvalue weighted by molar-refractivity contribution is 5.88. The molecule has 0 aliphatic carbocycles. The molecule has 0 saturated carbocycles. The van der Waals surface area contributed by atoms with Crippen molar-refractivity contribution in [3.8, 4) is 11.5 Å². The van der Waals surface area contributed by atoms with E-state index in [2.05, 4.69) is 11.4 Å². The molecule has 0 heterocycles. The van der Waals surface area contributed by atoms with Crippen LogP contribution in [0.1, 0.15) is 56.4 Å². The fourth-order valence-electron chi connectivity index (χ4n) is 4.59. The largest absolute Gasteiger partial charge is 0.490 e. The lowest BCUT2D eigenvalue weighted by atomic mass is 10.0. The van der Waals surface area contributed by atoms with Crippen LogP contribution in [-0.4, -0.2) is 42.0 Å². The Morgan fingerprint density at radius 2 is 1.51 bits per heavy atom. The first-order valence-electron chi connectivity index (χ1n) is 13.9. The fraction of sp³-hybridized carbons (Fsp3) is 0.394. The number of benzene rings is 3. The Hall–Kier alpha value is -3.80. The van der Waals surface area contributed by atoms with E-state index in [4.69, 9.17) is 9.47 Å². The lowest BCUT2D eigenvalue weighted by Gasteiger charge is -2.32. The molecule has 3 aromatic rings. The second kappa shape index (κ2) is 15.0. The summed E-state index contributed by atoms with van der Waals surface area (Å²) in [6.07, 6.45) is 1.24. The highest BCUT2D eigenvalue weighted by Crippen LogP contribution is 2.29. The standard InChI is InChI=1S/C33H42N2O4/c1-6-38-30-18-16-27(22-31(30)39-7-2)17-19-32(36)35(23-28-15-11-12-25(5)20-28)29(33(37)34-24(3)4)21-26-13-9-8-10-14-26/h8-16,18,20,22,24,29H,6-7,17,19,21,23H2,1-5H3,(H,34,37)/t29-/m1/s1. The number of amides is 2. The van der Waals surface area contributed by atoms with Gasteiger partial charge in [-0.15, -0.1) is 0 Å². The van der Waals surface area contributed by atoms with Crippen molar-refractivity contribution in [2.45, 2.75) is 72.5 Å².